The second kappa shape index (κ2) is 4.42. The average molecular weight is 214 g/mol. The quantitative estimate of drug-likeness (QED) is 0.617. The van der Waals surface area contributed by atoms with Crippen molar-refractivity contribution in [1.82, 2.24) is 0 Å². The van der Waals surface area contributed by atoms with Gasteiger partial charge in [-0.2, -0.15) is 0 Å². The zero-order valence-corrected chi connectivity index (χ0v) is 11.1. The molecule has 0 bridgehead atoms. The van der Waals surface area contributed by atoms with E-state index in [9.17, 15) is 0 Å². The zero-order valence-electron chi connectivity index (χ0n) is 11.1. The number of hydrogen-bond acceptors (Lipinski definition) is 2. The van der Waals surface area contributed by atoms with Gasteiger partial charge in [-0.3, -0.25) is 0 Å². The summed E-state index contributed by atoms with van der Waals surface area (Å²) in [5.41, 5.74) is 0.444. The van der Waals surface area contributed by atoms with Crippen molar-refractivity contribution in [3.63, 3.8) is 0 Å². The predicted molar refractivity (Wildman–Crippen MR) is 63.0 cm³/mol. The third kappa shape index (κ3) is 3.76. The van der Waals surface area contributed by atoms with Crippen molar-refractivity contribution in [2.24, 2.45) is 16.7 Å². The highest BCUT2D eigenvalue weighted by Gasteiger charge is 2.33. The third-order valence-corrected chi connectivity index (χ3v) is 3.28. The third-order valence-electron chi connectivity index (χ3n) is 3.28. The smallest absolute Gasteiger partial charge is 0.0856 e. The summed E-state index contributed by atoms with van der Waals surface area (Å²) in [6, 6.07) is 0. The SMILES string of the molecule is CC(C)(C)C1COCC(C(C)(C)C)OC1. The molecule has 2 nitrogen and oxygen atoms in total. The van der Waals surface area contributed by atoms with E-state index >= 15 is 0 Å². The van der Waals surface area contributed by atoms with Crippen LogP contribution in [0.3, 0.4) is 0 Å². The lowest BCUT2D eigenvalue weighted by Gasteiger charge is -2.31. The molecule has 1 aliphatic rings. The van der Waals surface area contributed by atoms with Gasteiger partial charge in [-0.1, -0.05) is 41.5 Å². The van der Waals surface area contributed by atoms with Gasteiger partial charge in [0.05, 0.1) is 25.9 Å². The van der Waals surface area contributed by atoms with E-state index in [1.54, 1.807) is 0 Å². The van der Waals surface area contributed by atoms with E-state index in [2.05, 4.69) is 41.5 Å². The summed E-state index contributed by atoms with van der Waals surface area (Å²) in [6.07, 6.45) is 0.227. The summed E-state index contributed by atoms with van der Waals surface area (Å²) in [4.78, 5) is 0. The zero-order chi connectivity index (χ0) is 11.7. The Kier molecular flexibility index (Phi) is 3.83. The van der Waals surface area contributed by atoms with E-state index in [1.807, 2.05) is 0 Å². The van der Waals surface area contributed by atoms with Crippen LogP contribution in [0.4, 0.5) is 0 Å². The lowest BCUT2D eigenvalue weighted by atomic mass is 9.82. The van der Waals surface area contributed by atoms with Gasteiger partial charge in [0.25, 0.3) is 0 Å². The van der Waals surface area contributed by atoms with Gasteiger partial charge in [0.15, 0.2) is 0 Å². The van der Waals surface area contributed by atoms with Gasteiger partial charge in [-0.15, -0.1) is 0 Å². The Hall–Kier alpha value is -0.0800. The number of ether oxygens (including phenoxy) is 2. The fraction of sp³-hybridized carbons (Fsp3) is 1.00. The van der Waals surface area contributed by atoms with Gasteiger partial charge in [0.2, 0.25) is 0 Å². The Bertz CT molecular complexity index is 176. The van der Waals surface area contributed by atoms with Crippen molar-refractivity contribution in [3.8, 4) is 0 Å². The predicted octanol–water partition coefficient (Wildman–Crippen LogP) is 3.11. The largest absolute Gasteiger partial charge is 0.378 e. The highest BCUT2D eigenvalue weighted by molar-refractivity contribution is 4.80. The lowest BCUT2D eigenvalue weighted by molar-refractivity contribution is -0.0437. The normalized spacial score (nSPS) is 30.0. The molecule has 0 aromatic heterocycles. The molecule has 0 spiro atoms. The summed E-state index contributed by atoms with van der Waals surface area (Å²) >= 11 is 0. The van der Waals surface area contributed by atoms with E-state index in [0.29, 0.717) is 5.92 Å². The molecule has 0 aromatic carbocycles. The molecule has 0 N–H and O–H groups in total. The van der Waals surface area contributed by atoms with Crippen LogP contribution < -0.4 is 0 Å². The Labute approximate surface area is 94.3 Å². The van der Waals surface area contributed by atoms with E-state index in [4.69, 9.17) is 9.47 Å². The molecule has 0 saturated carbocycles. The van der Waals surface area contributed by atoms with Gasteiger partial charge < -0.3 is 9.47 Å². The minimum Gasteiger partial charge on any atom is -0.378 e. The van der Waals surface area contributed by atoms with Crippen molar-refractivity contribution >= 4 is 0 Å². The maximum atomic E-state index is 5.98. The maximum Gasteiger partial charge on any atom is 0.0856 e. The first kappa shape index (κ1) is 13.0. The van der Waals surface area contributed by atoms with E-state index in [1.165, 1.54) is 0 Å². The van der Waals surface area contributed by atoms with Crippen LogP contribution in [0, 0.1) is 16.7 Å². The summed E-state index contributed by atoms with van der Waals surface area (Å²) in [5.74, 6) is 0.504. The molecule has 1 rings (SSSR count). The van der Waals surface area contributed by atoms with Crippen LogP contribution in [0.1, 0.15) is 41.5 Å². The molecule has 1 fully saturated rings. The van der Waals surface area contributed by atoms with E-state index < -0.39 is 0 Å². The van der Waals surface area contributed by atoms with Gasteiger partial charge in [0, 0.05) is 5.92 Å². The molecule has 1 aliphatic heterocycles. The van der Waals surface area contributed by atoms with Crippen molar-refractivity contribution in [3.05, 3.63) is 0 Å². The van der Waals surface area contributed by atoms with Crippen LogP contribution in [0.15, 0.2) is 0 Å². The van der Waals surface area contributed by atoms with E-state index in [0.717, 1.165) is 19.8 Å². The molecular formula is C13H26O2. The Balaban J connectivity index is 2.57. The second-order valence-corrected chi connectivity index (χ2v) is 6.79. The van der Waals surface area contributed by atoms with Crippen LogP contribution in [0.5, 0.6) is 0 Å². The summed E-state index contributed by atoms with van der Waals surface area (Å²) in [6.45, 7) is 15.8. The molecule has 2 heteroatoms. The van der Waals surface area contributed by atoms with Crippen LogP contribution in [0.2, 0.25) is 0 Å². The highest BCUT2D eigenvalue weighted by Crippen LogP contribution is 2.31. The van der Waals surface area contributed by atoms with Gasteiger partial charge in [0.1, 0.15) is 0 Å². The van der Waals surface area contributed by atoms with Gasteiger partial charge >= 0.3 is 0 Å². The number of hydrogen-bond donors (Lipinski definition) is 0. The molecule has 0 amide bonds. The Morgan fingerprint density at radius 3 is 1.87 bits per heavy atom. The van der Waals surface area contributed by atoms with Crippen LogP contribution in [0.25, 0.3) is 0 Å². The van der Waals surface area contributed by atoms with Crippen molar-refractivity contribution in [2.75, 3.05) is 19.8 Å². The average Bonchev–Trinajstić information content (AvgIpc) is 2.24. The molecule has 2 atom stereocenters. The molecule has 15 heavy (non-hydrogen) atoms. The summed E-state index contributed by atoms with van der Waals surface area (Å²) in [5, 5.41) is 0. The lowest BCUT2D eigenvalue weighted by Crippen LogP contribution is -2.33. The fourth-order valence-electron chi connectivity index (χ4n) is 1.65. The standard InChI is InChI=1S/C13H26O2/c1-12(2,3)10-7-14-9-11(15-8-10)13(4,5)6/h10-11H,7-9H2,1-6H3. The molecular weight excluding hydrogens is 188 g/mol. The Morgan fingerprint density at radius 2 is 1.40 bits per heavy atom. The second-order valence-electron chi connectivity index (χ2n) is 6.79. The monoisotopic (exact) mass is 214 g/mol. The first-order chi connectivity index (χ1) is 6.71. The van der Waals surface area contributed by atoms with Crippen LogP contribution in [-0.4, -0.2) is 25.9 Å². The highest BCUT2D eigenvalue weighted by atomic mass is 16.5. The van der Waals surface area contributed by atoms with E-state index in [-0.39, 0.29) is 16.9 Å². The van der Waals surface area contributed by atoms with Crippen molar-refractivity contribution in [1.29, 1.82) is 0 Å². The molecule has 90 valence electrons. The Morgan fingerprint density at radius 1 is 0.800 bits per heavy atom. The molecule has 1 saturated heterocycles. The molecule has 0 aliphatic carbocycles. The number of rotatable bonds is 0. The maximum absolute atomic E-state index is 5.98. The molecule has 0 aromatic rings. The first-order valence-corrected chi connectivity index (χ1v) is 5.90. The molecule has 2 unspecified atom stereocenters. The topological polar surface area (TPSA) is 18.5 Å². The van der Waals surface area contributed by atoms with Crippen molar-refractivity contribution < 1.29 is 9.47 Å². The van der Waals surface area contributed by atoms with Crippen LogP contribution >= 0.6 is 0 Å². The molecule has 1 heterocycles. The van der Waals surface area contributed by atoms with Gasteiger partial charge in [-0.25, -0.2) is 0 Å². The fourth-order valence-corrected chi connectivity index (χ4v) is 1.65. The van der Waals surface area contributed by atoms with Gasteiger partial charge in [-0.05, 0) is 10.8 Å². The minimum absolute atomic E-state index is 0.173. The first-order valence-electron chi connectivity index (χ1n) is 5.90. The van der Waals surface area contributed by atoms with Crippen molar-refractivity contribution in [2.45, 2.75) is 47.6 Å². The molecule has 0 radical (unpaired) electrons. The van der Waals surface area contributed by atoms with Crippen LogP contribution in [-0.2, 0) is 9.47 Å². The summed E-state index contributed by atoms with van der Waals surface area (Å²) in [7, 11) is 0. The summed E-state index contributed by atoms with van der Waals surface area (Å²) < 4.78 is 11.7. The minimum atomic E-state index is 0.173.